The summed E-state index contributed by atoms with van der Waals surface area (Å²) in [4.78, 5) is 20.8. The first kappa shape index (κ1) is 8.88. The number of carbonyl (C=O) groups is 2. The van der Waals surface area contributed by atoms with Crippen LogP contribution in [0.2, 0.25) is 0 Å². The van der Waals surface area contributed by atoms with Crippen LogP contribution < -0.4 is 5.32 Å². The number of carbonyl (C=O) groups excluding carboxylic acids is 2. The summed E-state index contributed by atoms with van der Waals surface area (Å²) in [5, 5.41) is 2.49. The van der Waals surface area contributed by atoms with Gasteiger partial charge in [0.15, 0.2) is 0 Å². The van der Waals surface area contributed by atoms with Gasteiger partial charge in [0.05, 0.1) is 0 Å². The van der Waals surface area contributed by atoms with Gasteiger partial charge in [-0.1, -0.05) is 6.58 Å². The summed E-state index contributed by atoms with van der Waals surface area (Å²) in [6.07, 6.45) is 1.57. The van der Waals surface area contributed by atoms with E-state index in [-0.39, 0.29) is 11.7 Å². The largest absolute Gasteiger partial charge is 0.352 e. The Morgan fingerprint density at radius 2 is 2.20 bits per heavy atom. The van der Waals surface area contributed by atoms with Crippen molar-refractivity contribution in [3.05, 3.63) is 12.7 Å². The van der Waals surface area contributed by atoms with Gasteiger partial charge in [0.25, 0.3) is 0 Å². The molecular weight excluding hydrogens is 130 g/mol. The number of ketones is 1. The lowest BCUT2D eigenvalue weighted by molar-refractivity contribution is -0.117. The Kier molecular flexibility index (Phi) is 4.20. The van der Waals surface area contributed by atoms with Crippen LogP contribution in [0.15, 0.2) is 12.7 Å². The van der Waals surface area contributed by atoms with E-state index >= 15 is 0 Å². The van der Waals surface area contributed by atoms with Crippen molar-refractivity contribution in [1.29, 1.82) is 0 Å². The molecule has 0 rings (SSSR count). The maximum absolute atomic E-state index is 10.5. The van der Waals surface area contributed by atoms with E-state index in [2.05, 4.69) is 11.9 Å². The van der Waals surface area contributed by atoms with E-state index in [4.69, 9.17) is 0 Å². The second-order valence-electron chi connectivity index (χ2n) is 1.95. The lowest BCUT2D eigenvalue weighted by Gasteiger charge is -1.96. The summed E-state index contributed by atoms with van der Waals surface area (Å²) >= 11 is 0. The van der Waals surface area contributed by atoms with E-state index in [0.717, 1.165) is 0 Å². The zero-order valence-corrected chi connectivity index (χ0v) is 6.02. The standard InChI is InChI=1S/C7H11NO2/c1-3-7(10)8-5-4-6(2)9/h3H,1,4-5H2,2H3,(H,8,10). The lowest BCUT2D eigenvalue weighted by Crippen LogP contribution is -2.23. The van der Waals surface area contributed by atoms with Gasteiger partial charge in [-0.3, -0.25) is 9.59 Å². The van der Waals surface area contributed by atoms with E-state index < -0.39 is 0 Å². The first-order chi connectivity index (χ1) is 4.66. The highest BCUT2D eigenvalue weighted by atomic mass is 16.1. The third kappa shape index (κ3) is 5.03. The molecule has 0 radical (unpaired) electrons. The summed E-state index contributed by atoms with van der Waals surface area (Å²) in [7, 11) is 0. The van der Waals surface area contributed by atoms with Gasteiger partial charge in [0.1, 0.15) is 5.78 Å². The number of Topliss-reactive ketones (excluding diaryl/α,β-unsaturated/α-hetero) is 1. The molecule has 0 aromatic carbocycles. The Hall–Kier alpha value is -1.12. The van der Waals surface area contributed by atoms with Crippen LogP contribution in [0.1, 0.15) is 13.3 Å². The smallest absolute Gasteiger partial charge is 0.243 e. The molecule has 0 fully saturated rings. The highest BCUT2D eigenvalue weighted by molar-refractivity contribution is 5.87. The number of amides is 1. The molecule has 0 bridgehead atoms. The molecule has 0 aromatic rings. The molecule has 3 heteroatoms. The van der Waals surface area contributed by atoms with Gasteiger partial charge in [0.2, 0.25) is 5.91 Å². The maximum Gasteiger partial charge on any atom is 0.243 e. The Labute approximate surface area is 60.1 Å². The van der Waals surface area contributed by atoms with Crippen molar-refractivity contribution < 1.29 is 9.59 Å². The number of rotatable bonds is 4. The van der Waals surface area contributed by atoms with Gasteiger partial charge in [-0.05, 0) is 13.0 Å². The van der Waals surface area contributed by atoms with E-state index in [9.17, 15) is 9.59 Å². The number of nitrogens with one attached hydrogen (secondary N) is 1. The Morgan fingerprint density at radius 3 is 2.60 bits per heavy atom. The molecule has 0 aliphatic rings. The molecule has 1 amide bonds. The van der Waals surface area contributed by atoms with Crippen molar-refractivity contribution >= 4 is 11.7 Å². The Bertz CT molecular complexity index is 152. The predicted octanol–water partition coefficient (Wildman–Crippen LogP) is 0.268. The van der Waals surface area contributed by atoms with Crippen LogP contribution >= 0.6 is 0 Å². The SMILES string of the molecule is C=CC(=O)NCCC(C)=O. The second kappa shape index (κ2) is 4.73. The highest BCUT2D eigenvalue weighted by Gasteiger charge is 1.94. The van der Waals surface area contributed by atoms with E-state index in [0.29, 0.717) is 13.0 Å². The molecule has 0 spiro atoms. The molecule has 56 valence electrons. The van der Waals surface area contributed by atoms with Gasteiger partial charge in [-0.15, -0.1) is 0 Å². The number of hydrogen-bond acceptors (Lipinski definition) is 2. The van der Waals surface area contributed by atoms with Crippen LogP contribution in [0.3, 0.4) is 0 Å². The fraction of sp³-hybridized carbons (Fsp3) is 0.429. The van der Waals surface area contributed by atoms with E-state index in [1.165, 1.54) is 13.0 Å². The van der Waals surface area contributed by atoms with Gasteiger partial charge >= 0.3 is 0 Å². The van der Waals surface area contributed by atoms with E-state index in [1.54, 1.807) is 0 Å². The molecule has 0 aliphatic heterocycles. The number of hydrogen-bond donors (Lipinski definition) is 1. The third-order valence-corrected chi connectivity index (χ3v) is 0.962. The molecule has 0 aromatic heterocycles. The van der Waals surface area contributed by atoms with Crippen molar-refractivity contribution in [3.63, 3.8) is 0 Å². The lowest BCUT2D eigenvalue weighted by atomic mass is 10.3. The van der Waals surface area contributed by atoms with Gasteiger partial charge in [0, 0.05) is 13.0 Å². The van der Waals surface area contributed by atoms with Crippen LogP contribution in [0.25, 0.3) is 0 Å². The fourth-order valence-corrected chi connectivity index (χ4v) is 0.434. The highest BCUT2D eigenvalue weighted by Crippen LogP contribution is 1.77. The fourth-order valence-electron chi connectivity index (χ4n) is 0.434. The zero-order valence-electron chi connectivity index (χ0n) is 6.02. The summed E-state index contributed by atoms with van der Waals surface area (Å²) in [5.74, 6) is -0.161. The van der Waals surface area contributed by atoms with Crippen molar-refractivity contribution in [2.24, 2.45) is 0 Å². The molecule has 0 heterocycles. The van der Waals surface area contributed by atoms with Crippen LogP contribution in [-0.4, -0.2) is 18.2 Å². The van der Waals surface area contributed by atoms with Crippen LogP contribution in [0, 0.1) is 0 Å². The molecule has 0 saturated carbocycles. The summed E-state index contributed by atoms with van der Waals surface area (Å²) in [6, 6.07) is 0. The first-order valence-corrected chi connectivity index (χ1v) is 3.06. The normalized spacial score (nSPS) is 8.50. The molecule has 3 nitrogen and oxygen atoms in total. The molecule has 1 N–H and O–H groups in total. The van der Waals surface area contributed by atoms with Crippen molar-refractivity contribution in [2.45, 2.75) is 13.3 Å². The molecule has 0 aliphatic carbocycles. The Balaban J connectivity index is 3.28. The topological polar surface area (TPSA) is 46.2 Å². The van der Waals surface area contributed by atoms with Crippen molar-refractivity contribution in [3.8, 4) is 0 Å². The minimum atomic E-state index is -0.235. The minimum absolute atomic E-state index is 0.0735. The van der Waals surface area contributed by atoms with Gasteiger partial charge in [-0.25, -0.2) is 0 Å². The quantitative estimate of drug-likeness (QED) is 0.571. The molecule has 0 saturated heterocycles. The third-order valence-electron chi connectivity index (χ3n) is 0.962. The molecule has 10 heavy (non-hydrogen) atoms. The average molecular weight is 141 g/mol. The van der Waals surface area contributed by atoms with Crippen molar-refractivity contribution in [1.82, 2.24) is 5.32 Å². The van der Waals surface area contributed by atoms with Crippen LogP contribution in [0.5, 0.6) is 0 Å². The molecule has 0 unspecified atom stereocenters. The van der Waals surface area contributed by atoms with Gasteiger partial charge < -0.3 is 5.32 Å². The first-order valence-electron chi connectivity index (χ1n) is 3.06. The van der Waals surface area contributed by atoms with Gasteiger partial charge in [-0.2, -0.15) is 0 Å². The average Bonchev–Trinajstić information content (AvgIpc) is 1.87. The van der Waals surface area contributed by atoms with Crippen molar-refractivity contribution in [2.75, 3.05) is 6.54 Å². The minimum Gasteiger partial charge on any atom is -0.352 e. The second-order valence-corrected chi connectivity index (χ2v) is 1.95. The van der Waals surface area contributed by atoms with Crippen LogP contribution in [-0.2, 0) is 9.59 Å². The monoisotopic (exact) mass is 141 g/mol. The predicted molar refractivity (Wildman–Crippen MR) is 38.5 cm³/mol. The Morgan fingerprint density at radius 1 is 1.60 bits per heavy atom. The van der Waals surface area contributed by atoms with E-state index in [1.807, 2.05) is 0 Å². The molecular formula is C7H11NO2. The molecule has 0 atom stereocenters. The summed E-state index contributed by atoms with van der Waals surface area (Å²) in [5.41, 5.74) is 0. The maximum atomic E-state index is 10.5. The zero-order chi connectivity index (χ0) is 7.98. The summed E-state index contributed by atoms with van der Waals surface area (Å²) in [6.45, 7) is 5.15. The van der Waals surface area contributed by atoms with Crippen LogP contribution in [0.4, 0.5) is 0 Å². The summed E-state index contributed by atoms with van der Waals surface area (Å²) < 4.78 is 0.